The van der Waals surface area contributed by atoms with E-state index in [4.69, 9.17) is 0 Å². The molecule has 0 bridgehead atoms. The molecule has 0 radical (unpaired) electrons. The highest BCUT2D eigenvalue weighted by Gasteiger charge is 2.51. The molecule has 4 aromatic carbocycles. The Kier molecular flexibility index (Phi) is 3.43. The number of hydrogen-bond donors (Lipinski definition) is 0. The van der Waals surface area contributed by atoms with Crippen molar-refractivity contribution in [1.29, 1.82) is 0 Å². The maximum atomic E-state index is 2.48. The first kappa shape index (κ1) is 16.3. The molecule has 128 valence electrons. The molecule has 0 nitrogen and oxygen atoms in total. The standard InChI is InChI=1S/C25H14I2/c26-23-13-18-17-9-3-6-12-21(17)25(22(18)14-24(23)27)19-10-4-1-7-15(19)16-8-2-5-11-20(16)25/h1-14H. The van der Waals surface area contributed by atoms with Gasteiger partial charge in [-0.2, -0.15) is 0 Å². The van der Waals surface area contributed by atoms with Crippen LogP contribution in [0.1, 0.15) is 22.3 Å². The summed E-state index contributed by atoms with van der Waals surface area (Å²) >= 11 is 4.94. The van der Waals surface area contributed by atoms with Crippen LogP contribution in [0.5, 0.6) is 0 Å². The van der Waals surface area contributed by atoms with E-state index >= 15 is 0 Å². The number of halogens is 2. The Bertz CT molecular complexity index is 1210. The molecule has 4 aromatic rings. The third-order valence-electron chi connectivity index (χ3n) is 6.04. The number of hydrogen-bond acceptors (Lipinski definition) is 0. The number of benzene rings is 4. The fourth-order valence-corrected chi connectivity index (χ4v) is 6.02. The Morgan fingerprint density at radius 1 is 0.444 bits per heavy atom. The molecule has 0 atom stereocenters. The highest BCUT2D eigenvalue weighted by Crippen LogP contribution is 2.62. The molecule has 0 heterocycles. The van der Waals surface area contributed by atoms with Crippen LogP contribution in [-0.2, 0) is 5.41 Å². The quantitative estimate of drug-likeness (QED) is 0.170. The molecule has 27 heavy (non-hydrogen) atoms. The van der Waals surface area contributed by atoms with Crippen molar-refractivity contribution in [3.05, 3.63) is 114 Å². The minimum Gasteiger partial charge on any atom is -0.0619 e. The average Bonchev–Trinajstić information content (AvgIpc) is 3.16. The molecule has 0 fully saturated rings. The smallest absolute Gasteiger partial charge is 0.0619 e. The molecule has 6 rings (SSSR count). The SMILES string of the molecule is Ic1cc2c(cc1I)C1(c3ccccc3-c3ccccc31)c1ccccc1-2. The summed E-state index contributed by atoms with van der Waals surface area (Å²) in [5.74, 6) is 0. The number of fused-ring (bicyclic) bond motifs is 10. The molecular formula is C25H14I2. The molecule has 0 N–H and O–H groups in total. The molecular weight excluding hydrogens is 554 g/mol. The third kappa shape index (κ3) is 1.93. The fourth-order valence-electron chi connectivity index (χ4n) is 5.09. The molecule has 0 amide bonds. The Morgan fingerprint density at radius 3 is 1.37 bits per heavy atom. The summed E-state index contributed by atoms with van der Waals surface area (Å²) in [6.07, 6.45) is 0. The van der Waals surface area contributed by atoms with Gasteiger partial charge in [0.2, 0.25) is 0 Å². The van der Waals surface area contributed by atoms with Crippen LogP contribution in [0.15, 0.2) is 84.9 Å². The van der Waals surface area contributed by atoms with Gasteiger partial charge in [0, 0.05) is 7.14 Å². The van der Waals surface area contributed by atoms with Crippen LogP contribution in [0.25, 0.3) is 22.3 Å². The van der Waals surface area contributed by atoms with E-state index in [0.717, 1.165) is 0 Å². The van der Waals surface area contributed by atoms with Gasteiger partial charge in [0.1, 0.15) is 0 Å². The zero-order chi connectivity index (χ0) is 18.2. The van der Waals surface area contributed by atoms with Crippen molar-refractivity contribution in [2.24, 2.45) is 0 Å². The lowest BCUT2D eigenvalue weighted by Gasteiger charge is -2.30. The van der Waals surface area contributed by atoms with Crippen molar-refractivity contribution in [3.8, 4) is 22.3 Å². The average molecular weight is 568 g/mol. The summed E-state index contributed by atoms with van der Waals surface area (Å²) < 4.78 is 2.64. The first-order chi connectivity index (χ1) is 13.2. The molecule has 2 aliphatic rings. The Balaban J connectivity index is 1.88. The highest BCUT2D eigenvalue weighted by atomic mass is 127. The van der Waals surface area contributed by atoms with Gasteiger partial charge in [-0.05, 0) is 102 Å². The second kappa shape index (κ2) is 5.67. The van der Waals surface area contributed by atoms with Crippen LogP contribution < -0.4 is 0 Å². The van der Waals surface area contributed by atoms with E-state index in [-0.39, 0.29) is 5.41 Å². The first-order valence-corrected chi connectivity index (χ1v) is 11.2. The summed E-state index contributed by atoms with van der Waals surface area (Å²) in [4.78, 5) is 0. The van der Waals surface area contributed by atoms with Crippen molar-refractivity contribution in [2.75, 3.05) is 0 Å². The van der Waals surface area contributed by atoms with E-state index in [1.165, 1.54) is 51.6 Å². The fraction of sp³-hybridized carbons (Fsp3) is 0.0400. The van der Waals surface area contributed by atoms with E-state index in [1.54, 1.807) is 0 Å². The summed E-state index contributed by atoms with van der Waals surface area (Å²) in [7, 11) is 0. The predicted octanol–water partition coefficient (Wildman–Crippen LogP) is 7.24. The van der Waals surface area contributed by atoms with Crippen LogP contribution in [0.3, 0.4) is 0 Å². The van der Waals surface area contributed by atoms with Crippen molar-refractivity contribution in [2.45, 2.75) is 5.41 Å². The third-order valence-corrected chi connectivity index (χ3v) is 8.86. The van der Waals surface area contributed by atoms with Crippen LogP contribution in [0.4, 0.5) is 0 Å². The van der Waals surface area contributed by atoms with E-state index in [1.807, 2.05) is 0 Å². The predicted molar refractivity (Wildman–Crippen MR) is 128 cm³/mol. The van der Waals surface area contributed by atoms with Gasteiger partial charge in [-0.25, -0.2) is 0 Å². The van der Waals surface area contributed by atoms with E-state index < -0.39 is 0 Å². The molecule has 0 aliphatic heterocycles. The first-order valence-electron chi connectivity index (χ1n) is 9.01. The van der Waals surface area contributed by atoms with Crippen molar-refractivity contribution >= 4 is 45.2 Å². The lowest BCUT2D eigenvalue weighted by molar-refractivity contribution is 0.793. The topological polar surface area (TPSA) is 0 Å². The van der Waals surface area contributed by atoms with Crippen molar-refractivity contribution in [3.63, 3.8) is 0 Å². The Labute approximate surface area is 185 Å². The van der Waals surface area contributed by atoms with Gasteiger partial charge in [-0.3, -0.25) is 0 Å². The minimum atomic E-state index is -0.205. The van der Waals surface area contributed by atoms with E-state index in [9.17, 15) is 0 Å². The van der Waals surface area contributed by atoms with Crippen molar-refractivity contribution < 1.29 is 0 Å². The van der Waals surface area contributed by atoms with Gasteiger partial charge in [0.15, 0.2) is 0 Å². The van der Waals surface area contributed by atoms with Crippen LogP contribution in [-0.4, -0.2) is 0 Å². The van der Waals surface area contributed by atoms with Gasteiger partial charge >= 0.3 is 0 Å². The van der Waals surface area contributed by atoms with E-state index in [2.05, 4.69) is 130 Å². The molecule has 0 unspecified atom stereocenters. The number of rotatable bonds is 0. The second-order valence-electron chi connectivity index (χ2n) is 7.20. The lowest BCUT2D eigenvalue weighted by Crippen LogP contribution is -2.26. The maximum absolute atomic E-state index is 2.48. The zero-order valence-corrected chi connectivity index (χ0v) is 18.7. The summed E-state index contributed by atoms with van der Waals surface area (Å²) in [5.41, 5.74) is 10.9. The summed E-state index contributed by atoms with van der Waals surface area (Å²) in [6.45, 7) is 0. The molecule has 0 saturated heterocycles. The lowest BCUT2D eigenvalue weighted by atomic mass is 9.70. The van der Waals surface area contributed by atoms with Gasteiger partial charge in [0.25, 0.3) is 0 Å². The Hall–Kier alpha value is -1.66. The Morgan fingerprint density at radius 2 is 0.852 bits per heavy atom. The van der Waals surface area contributed by atoms with Crippen LogP contribution >= 0.6 is 45.2 Å². The minimum absolute atomic E-state index is 0.205. The van der Waals surface area contributed by atoms with Crippen LogP contribution in [0.2, 0.25) is 0 Å². The van der Waals surface area contributed by atoms with Gasteiger partial charge in [-0.1, -0.05) is 72.8 Å². The largest absolute Gasteiger partial charge is 0.0725 e. The van der Waals surface area contributed by atoms with Gasteiger partial charge in [0.05, 0.1) is 5.41 Å². The van der Waals surface area contributed by atoms with Gasteiger partial charge in [-0.15, -0.1) is 0 Å². The molecule has 2 aliphatic carbocycles. The molecule has 0 saturated carbocycles. The van der Waals surface area contributed by atoms with E-state index in [0.29, 0.717) is 0 Å². The van der Waals surface area contributed by atoms with Crippen LogP contribution in [0, 0.1) is 7.14 Å². The van der Waals surface area contributed by atoms with Crippen molar-refractivity contribution in [1.82, 2.24) is 0 Å². The molecule has 2 heteroatoms. The zero-order valence-electron chi connectivity index (χ0n) is 14.3. The molecule has 1 spiro atoms. The molecule has 0 aromatic heterocycles. The normalized spacial score (nSPS) is 14.6. The second-order valence-corrected chi connectivity index (χ2v) is 9.52. The highest BCUT2D eigenvalue weighted by molar-refractivity contribution is 14.1. The summed E-state index contributed by atoms with van der Waals surface area (Å²) in [6, 6.07) is 31.7. The van der Waals surface area contributed by atoms with Gasteiger partial charge < -0.3 is 0 Å². The maximum Gasteiger partial charge on any atom is 0.0725 e. The summed E-state index contributed by atoms with van der Waals surface area (Å²) in [5, 5.41) is 0. The monoisotopic (exact) mass is 568 g/mol.